The summed E-state index contributed by atoms with van der Waals surface area (Å²) in [7, 11) is -2.60. The summed E-state index contributed by atoms with van der Waals surface area (Å²) in [5.74, 6) is 0.355. The average Bonchev–Trinajstić information content (AvgIpc) is 2.88. The smallest absolute Gasteiger partial charge is 0.421 e. The number of carbonyl (C=O) groups excluding carboxylic acids is 1. The van der Waals surface area contributed by atoms with Gasteiger partial charge < -0.3 is 18.9 Å². The van der Waals surface area contributed by atoms with Gasteiger partial charge in [0.2, 0.25) is 5.88 Å². The Hall–Kier alpha value is -3.55. The Labute approximate surface area is 234 Å². The number of nitrogens with one attached hydrogen (secondary N) is 1. The number of rotatable bonds is 12. The minimum atomic E-state index is -4.62. The number of amides is 1. The zero-order valence-electron chi connectivity index (χ0n) is 21.5. The minimum Gasteiger partial charge on any atom is -0.491 e. The van der Waals surface area contributed by atoms with Gasteiger partial charge in [-0.1, -0.05) is 35.9 Å². The first-order valence-corrected chi connectivity index (χ1v) is 13.7. The third kappa shape index (κ3) is 8.73. The second kappa shape index (κ2) is 13.7. The summed E-state index contributed by atoms with van der Waals surface area (Å²) in [4.78, 5) is 15.8. The van der Waals surface area contributed by atoms with E-state index >= 15 is 0 Å². The number of aryl methyl sites for hydroxylation is 2. The van der Waals surface area contributed by atoms with Crippen molar-refractivity contribution in [2.45, 2.75) is 30.8 Å². The summed E-state index contributed by atoms with van der Waals surface area (Å²) in [6.07, 6.45) is -4.61. The van der Waals surface area contributed by atoms with Crippen molar-refractivity contribution in [3.8, 4) is 17.4 Å². The number of pyridine rings is 1. The van der Waals surface area contributed by atoms with Crippen LogP contribution in [0.15, 0.2) is 59.6 Å². The lowest BCUT2D eigenvalue weighted by molar-refractivity contribution is -0.137. The molecule has 0 spiro atoms. The first-order valence-electron chi connectivity index (χ1n) is 11.8. The highest BCUT2D eigenvalue weighted by atomic mass is 35.5. The molecule has 0 aliphatic heterocycles. The van der Waals surface area contributed by atoms with Crippen molar-refractivity contribution >= 4 is 27.7 Å². The molecular formula is C26H26ClF3N2O7S. The zero-order chi connectivity index (χ0) is 29.3. The van der Waals surface area contributed by atoms with E-state index in [0.29, 0.717) is 35.7 Å². The van der Waals surface area contributed by atoms with Gasteiger partial charge in [0.15, 0.2) is 0 Å². The fraction of sp³-hybridized carbons (Fsp3) is 0.308. The molecule has 0 bridgehead atoms. The lowest BCUT2D eigenvalue weighted by atomic mass is 10.1. The number of nitrogens with zero attached hydrogens (tertiary/aromatic N) is 1. The molecule has 216 valence electrons. The fourth-order valence-corrected chi connectivity index (χ4v) is 4.75. The van der Waals surface area contributed by atoms with Crippen LogP contribution in [0.4, 0.5) is 18.0 Å². The number of hydrogen-bond acceptors (Lipinski definition) is 8. The zero-order valence-corrected chi connectivity index (χ0v) is 23.0. The molecule has 1 N–H and O–H groups in total. The summed E-state index contributed by atoms with van der Waals surface area (Å²) >= 11 is 6.00. The molecule has 0 unspecified atom stereocenters. The molecule has 3 aromatic rings. The summed E-state index contributed by atoms with van der Waals surface area (Å²) < 4.78 is 87.0. The predicted octanol–water partition coefficient (Wildman–Crippen LogP) is 5.93. The monoisotopic (exact) mass is 602 g/mol. The van der Waals surface area contributed by atoms with Crippen molar-refractivity contribution in [1.82, 2.24) is 9.71 Å². The first-order chi connectivity index (χ1) is 18.9. The Morgan fingerprint density at radius 1 is 1.07 bits per heavy atom. The van der Waals surface area contributed by atoms with Crippen LogP contribution >= 0.6 is 11.6 Å². The number of ether oxygens (including phenoxy) is 4. The molecule has 3 rings (SSSR count). The van der Waals surface area contributed by atoms with E-state index < -0.39 is 27.9 Å². The van der Waals surface area contributed by atoms with Crippen LogP contribution in [0.1, 0.15) is 23.1 Å². The normalized spacial score (nSPS) is 11.7. The molecule has 14 heteroatoms. The van der Waals surface area contributed by atoms with Crippen LogP contribution in [0.3, 0.4) is 0 Å². The molecule has 1 heterocycles. The molecule has 0 saturated carbocycles. The van der Waals surface area contributed by atoms with Crippen molar-refractivity contribution in [2.75, 3.05) is 26.9 Å². The van der Waals surface area contributed by atoms with E-state index in [4.69, 9.17) is 30.5 Å². The lowest BCUT2D eigenvalue weighted by Crippen LogP contribution is -2.31. The molecular weight excluding hydrogens is 577 g/mol. The molecule has 0 aliphatic carbocycles. The lowest BCUT2D eigenvalue weighted by Gasteiger charge is -2.15. The molecule has 0 aliphatic rings. The average molecular weight is 603 g/mol. The summed E-state index contributed by atoms with van der Waals surface area (Å²) in [6.45, 7) is 2.02. The topological polar surface area (TPSA) is 113 Å². The summed E-state index contributed by atoms with van der Waals surface area (Å²) in [5.41, 5.74) is 0.0163. The second-order valence-corrected chi connectivity index (χ2v) is 10.4. The van der Waals surface area contributed by atoms with Crippen LogP contribution in [0.2, 0.25) is 5.02 Å². The number of halogens is 4. The van der Waals surface area contributed by atoms with E-state index in [1.54, 1.807) is 31.2 Å². The van der Waals surface area contributed by atoms with Gasteiger partial charge in [-0.15, -0.1) is 0 Å². The van der Waals surface area contributed by atoms with Crippen LogP contribution in [-0.2, 0) is 32.1 Å². The maximum absolute atomic E-state index is 13.0. The molecule has 2 aromatic carbocycles. The van der Waals surface area contributed by atoms with Crippen molar-refractivity contribution in [2.24, 2.45) is 0 Å². The van der Waals surface area contributed by atoms with Crippen molar-refractivity contribution in [1.29, 1.82) is 0 Å². The van der Waals surface area contributed by atoms with Crippen molar-refractivity contribution in [3.63, 3.8) is 0 Å². The number of carbonyl (C=O) groups is 1. The number of alkyl halides is 3. The first kappa shape index (κ1) is 31.0. The Bertz CT molecular complexity index is 1440. The molecule has 0 atom stereocenters. The van der Waals surface area contributed by atoms with Gasteiger partial charge in [-0.05, 0) is 49.1 Å². The Balaban J connectivity index is 1.67. The van der Waals surface area contributed by atoms with E-state index in [1.807, 2.05) is 4.72 Å². The molecule has 1 amide bonds. The summed E-state index contributed by atoms with van der Waals surface area (Å²) in [5, 5.41) is -0.346. The van der Waals surface area contributed by atoms with Crippen LogP contribution in [0, 0.1) is 6.92 Å². The Morgan fingerprint density at radius 2 is 1.82 bits per heavy atom. The van der Waals surface area contributed by atoms with Crippen LogP contribution in [-0.4, -0.2) is 46.4 Å². The Kier molecular flexibility index (Phi) is 10.6. The van der Waals surface area contributed by atoms with E-state index in [0.717, 1.165) is 0 Å². The quantitative estimate of drug-likeness (QED) is 0.254. The molecule has 0 radical (unpaired) electrons. The number of sulfonamides is 1. The van der Waals surface area contributed by atoms with Crippen LogP contribution < -0.4 is 14.2 Å². The maximum atomic E-state index is 13.0. The van der Waals surface area contributed by atoms with Crippen molar-refractivity contribution < 1.29 is 45.3 Å². The molecule has 0 fully saturated rings. The third-order valence-corrected chi connectivity index (χ3v) is 7.10. The van der Waals surface area contributed by atoms with Gasteiger partial charge >= 0.3 is 12.3 Å². The third-order valence-electron chi connectivity index (χ3n) is 5.36. The molecule has 9 nitrogen and oxygen atoms in total. The van der Waals surface area contributed by atoms with Gasteiger partial charge in [-0.25, -0.2) is 22.9 Å². The van der Waals surface area contributed by atoms with E-state index in [-0.39, 0.29) is 47.6 Å². The van der Waals surface area contributed by atoms with E-state index in [1.165, 1.54) is 25.3 Å². The standard InChI is InChI=1S/C26H26ClF3N2O7S/c1-17-6-3-4-8-23(17)40(34,35)32-25(33)38-11-5-7-18-9-10-20(37-13-12-36-2)15-22(18)39-24-21(27)14-19(16-31-24)26(28,29)30/h3-4,6,8-10,14-16H,5,7,11-13H2,1-2H3,(H,32,33). The highest BCUT2D eigenvalue weighted by Gasteiger charge is 2.32. The Morgan fingerprint density at radius 3 is 2.50 bits per heavy atom. The number of aromatic nitrogens is 1. The molecule has 40 heavy (non-hydrogen) atoms. The van der Waals surface area contributed by atoms with Crippen LogP contribution in [0.5, 0.6) is 17.4 Å². The van der Waals surface area contributed by atoms with Crippen LogP contribution in [0.25, 0.3) is 0 Å². The van der Waals surface area contributed by atoms with Gasteiger partial charge in [-0.2, -0.15) is 13.2 Å². The summed E-state index contributed by atoms with van der Waals surface area (Å²) in [6, 6.07) is 11.7. The highest BCUT2D eigenvalue weighted by Crippen LogP contribution is 2.36. The number of benzene rings is 2. The van der Waals surface area contributed by atoms with Crippen molar-refractivity contribution in [3.05, 3.63) is 76.4 Å². The minimum absolute atomic E-state index is 0.0444. The highest BCUT2D eigenvalue weighted by molar-refractivity contribution is 7.90. The van der Waals surface area contributed by atoms with Gasteiger partial charge in [0.05, 0.1) is 23.7 Å². The van der Waals surface area contributed by atoms with Gasteiger partial charge in [0, 0.05) is 19.4 Å². The van der Waals surface area contributed by atoms with Gasteiger partial charge in [0.25, 0.3) is 10.0 Å². The van der Waals surface area contributed by atoms with E-state index in [9.17, 15) is 26.4 Å². The number of methoxy groups -OCH3 is 1. The molecule has 0 saturated heterocycles. The molecule has 1 aromatic heterocycles. The second-order valence-electron chi connectivity index (χ2n) is 8.33. The predicted molar refractivity (Wildman–Crippen MR) is 139 cm³/mol. The van der Waals surface area contributed by atoms with E-state index in [2.05, 4.69) is 4.98 Å². The maximum Gasteiger partial charge on any atom is 0.421 e. The number of hydrogen-bond donors (Lipinski definition) is 1. The fourth-order valence-electron chi connectivity index (χ4n) is 3.41. The van der Waals surface area contributed by atoms with Gasteiger partial charge in [0.1, 0.15) is 23.1 Å². The largest absolute Gasteiger partial charge is 0.491 e. The van der Waals surface area contributed by atoms with Gasteiger partial charge in [-0.3, -0.25) is 0 Å². The SMILES string of the molecule is COCCOc1ccc(CCCOC(=O)NS(=O)(=O)c2ccccc2C)c(Oc2ncc(C(F)(F)F)cc2Cl)c1.